The first-order chi connectivity index (χ1) is 4.12. The van der Waals surface area contributed by atoms with Crippen LogP contribution in [-0.4, -0.2) is 18.1 Å². The largest absolute Gasteiger partial charge is 0.324 e. The maximum absolute atomic E-state index is 9.00. The molecule has 0 spiro atoms. The molecule has 6 heteroatoms. The van der Waals surface area contributed by atoms with Gasteiger partial charge in [-0.25, -0.2) is 0 Å². The van der Waals surface area contributed by atoms with E-state index in [-0.39, 0.29) is 39.9 Å². The van der Waals surface area contributed by atoms with Crippen LogP contribution in [-0.2, 0) is 20.9 Å². The molecule has 0 aliphatic heterocycles. The van der Waals surface area contributed by atoms with Crippen molar-refractivity contribution in [2.24, 2.45) is 0 Å². The molecule has 64 valence electrons. The van der Waals surface area contributed by atoms with Crippen LogP contribution in [0.3, 0.4) is 0 Å². The normalized spacial score (nSPS) is 10.7. The summed E-state index contributed by atoms with van der Waals surface area (Å²) in [7, 11) is 0. The van der Waals surface area contributed by atoms with E-state index in [1.807, 2.05) is 0 Å². The van der Waals surface area contributed by atoms with Crippen molar-refractivity contribution in [2.75, 3.05) is 13.2 Å². The number of hydrogen-bond acceptors (Lipinski definition) is 3. The molecule has 1 N–H and O–H groups in total. The standard InChI is InChI=1S/C4H11O3PS.Gd/c1-3-6-8(5,9)7-4-2;/h3-4H2,1-2H3,(H,5,9);. The Bertz CT molecular complexity index is 111. The molecule has 0 unspecified atom stereocenters. The first-order valence-electron chi connectivity index (χ1n) is 2.74. The van der Waals surface area contributed by atoms with Gasteiger partial charge in [0.25, 0.3) is 0 Å². The van der Waals surface area contributed by atoms with Crippen LogP contribution in [0.2, 0.25) is 0 Å². The van der Waals surface area contributed by atoms with Gasteiger partial charge in [-0.1, -0.05) is 0 Å². The van der Waals surface area contributed by atoms with E-state index in [0.717, 1.165) is 0 Å². The van der Waals surface area contributed by atoms with Crippen LogP contribution in [0.5, 0.6) is 0 Å². The van der Waals surface area contributed by atoms with E-state index in [4.69, 9.17) is 13.9 Å². The second-order valence-corrected chi connectivity index (χ2v) is 4.14. The second-order valence-electron chi connectivity index (χ2n) is 1.30. The Balaban J connectivity index is 0. The first-order valence-corrected chi connectivity index (χ1v) is 5.33. The van der Waals surface area contributed by atoms with Gasteiger partial charge in [0.15, 0.2) is 0 Å². The van der Waals surface area contributed by atoms with Gasteiger partial charge in [0.05, 0.1) is 13.2 Å². The summed E-state index contributed by atoms with van der Waals surface area (Å²) in [4.78, 5) is 9.00. The Labute approximate surface area is 98.4 Å². The van der Waals surface area contributed by atoms with Crippen molar-refractivity contribution in [1.29, 1.82) is 0 Å². The zero-order valence-electron chi connectivity index (χ0n) is 5.89. The van der Waals surface area contributed by atoms with E-state index in [2.05, 4.69) is 11.8 Å². The Morgan fingerprint density at radius 2 is 1.60 bits per heavy atom. The zero-order chi connectivity index (χ0) is 7.33. The molecule has 0 saturated heterocycles. The molecule has 0 rings (SSSR count). The molecule has 0 heterocycles. The van der Waals surface area contributed by atoms with Crippen molar-refractivity contribution in [3.63, 3.8) is 0 Å². The van der Waals surface area contributed by atoms with E-state index in [1.165, 1.54) is 0 Å². The number of hydrogen-bond donors (Lipinski definition) is 1. The van der Waals surface area contributed by atoms with Crippen molar-refractivity contribution >= 4 is 18.5 Å². The van der Waals surface area contributed by atoms with Crippen molar-refractivity contribution in [3.05, 3.63) is 0 Å². The average Bonchev–Trinajstić information content (AvgIpc) is 1.64. The summed E-state index contributed by atoms with van der Waals surface area (Å²) >= 11 is 4.56. The molecule has 0 fully saturated rings. The van der Waals surface area contributed by atoms with Gasteiger partial charge in [-0.15, -0.1) is 0 Å². The van der Waals surface area contributed by atoms with Crippen LogP contribution in [0, 0.1) is 39.9 Å². The zero-order valence-corrected chi connectivity index (χ0v) is 9.87. The van der Waals surface area contributed by atoms with Gasteiger partial charge in [0, 0.05) is 39.9 Å². The van der Waals surface area contributed by atoms with Gasteiger partial charge >= 0.3 is 6.72 Å². The Kier molecular flexibility index (Phi) is 10.8. The molecular weight excluding hydrogens is 316 g/mol. The summed E-state index contributed by atoms with van der Waals surface area (Å²) < 4.78 is 9.46. The van der Waals surface area contributed by atoms with Crippen molar-refractivity contribution < 1.29 is 53.9 Å². The molecule has 0 atom stereocenters. The summed E-state index contributed by atoms with van der Waals surface area (Å²) in [5.41, 5.74) is 0. The first kappa shape index (κ1) is 14.4. The van der Waals surface area contributed by atoms with E-state index < -0.39 is 6.72 Å². The predicted molar refractivity (Wildman–Crippen MR) is 39.8 cm³/mol. The average molecular weight is 327 g/mol. The molecule has 0 amide bonds. The van der Waals surface area contributed by atoms with Crippen LogP contribution in [0.4, 0.5) is 0 Å². The fourth-order valence-electron chi connectivity index (χ4n) is 0.364. The van der Waals surface area contributed by atoms with E-state index >= 15 is 0 Å². The van der Waals surface area contributed by atoms with Crippen LogP contribution in [0.25, 0.3) is 0 Å². The Morgan fingerprint density at radius 1 is 1.30 bits per heavy atom. The van der Waals surface area contributed by atoms with Crippen LogP contribution >= 0.6 is 6.72 Å². The molecular formula is C4H11GdO3PS. The van der Waals surface area contributed by atoms with Crippen molar-refractivity contribution in [2.45, 2.75) is 13.8 Å². The number of rotatable bonds is 4. The molecule has 0 aliphatic rings. The molecule has 0 aromatic rings. The minimum atomic E-state index is -2.86. The van der Waals surface area contributed by atoms with Gasteiger partial charge in [-0.05, 0) is 25.7 Å². The van der Waals surface area contributed by atoms with E-state index in [1.54, 1.807) is 13.8 Å². The molecule has 0 aromatic heterocycles. The maximum atomic E-state index is 9.00. The van der Waals surface area contributed by atoms with Crippen molar-refractivity contribution in [1.82, 2.24) is 0 Å². The summed E-state index contributed by atoms with van der Waals surface area (Å²) in [5.74, 6) is 0. The Hall–Kier alpha value is 1.85. The Morgan fingerprint density at radius 3 is 1.80 bits per heavy atom. The van der Waals surface area contributed by atoms with Gasteiger partial charge < -0.3 is 13.9 Å². The predicted octanol–water partition coefficient (Wildman–Crippen LogP) is 1.28. The third-order valence-corrected chi connectivity index (χ3v) is 2.39. The van der Waals surface area contributed by atoms with Gasteiger partial charge in [-0.2, -0.15) is 0 Å². The fourth-order valence-corrected chi connectivity index (χ4v) is 1.72. The summed E-state index contributed by atoms with van der Waals surface area (Å²) in [6.07, 6.45) is 0. The van der Waals surface area contributed by atoms with Crippen LogP contribution < -0.4 is 0 Å². The van der Waals surface area contributed by atoms with E-state index in [0.29, 0.717) is 13.2 Å². The van der Waals surface area contributed by atoms with Crippen molar-refractivity contribution in [3.8, 4) is 0 Å². The smallest absolute Gasteiger partial charge is 0.324 e. The molecule has 0 bridgehead atoms. The molecule has 0 radical (unpaired) electrons. The molecule has 3 nitrogen and oxygen atoms in total. The minimum absolute atomic E-state index is 0. The molecule has 0 aromatic carbocycles. The SMILES string of the molecule is CCOP(O)(=S)OCC.[Gd]. The van der Waals surface area contributed by atoms with Gasteiger partial charge in [-0.3, -0.25) is 0 Å². The third-order valence-electron chi connectivity index (χ3n) is 0.584. The van der Waals surface area contributed by atoms with Crippen LogP contribution in [0.1, 0.15) is 13.8 Å². The quantitative estimate of drug-likeness (QED) is 0.790. The summed E-state index contributed by atoms with van der Waals surface area (Å²) in [6.45, 7) is 1.45. The molecule has 0 saturated carbocycles. The van der Waals surface area contributed by atoms with Gasteiger partial charge in [0.2, 0.25) is 0 Å². The monoisotopic (exact) mass is 328 g/mol. The van der Waals surface area contributed by atoms with E-state index in [9.17, 15) is 0 Å². The molecule has 0 aliphatic carbocycles. The molecule has 10 heavy (non-hydrogen) atoms. The summed E-state index contributed by atoms with van der Waals surface area (Å²) in [5, 5.41) is 0. The van der Waals surface area contributed by atoms with Crippen LogP contribution in [0.15, 0.2) is 0 Å². The summed E-state index contributed by atoms with van der Waals surface area (Å²) in [6, 6.07) is 0. The minimum Gasteiger partial charge on any atom is -0.324 e. The second kappa shape index (κ2) is 7.50. The third kappa shape index (κ3) is 7.96. The van der Waals surface area contributed by atoms with Gasteiger partial charge in [0.1, 0.15) is 0 Å². The maximum Gasteiger partial charge on any atom is 0.324 e. The topological polar surface area (TPSA) is 38.7 Å². The fraction of sp³-hybridized carbons (Fsp3) is 1.00.